The standard InChI is InChI=1S/C13H24N2O/c1-2-4-11-5-3-7-15(8-6-11)13(16)12-9-14-10-12/h11-12,14H,2-10H2,1H3. The Balaban J connectivity index is 1.80. The summed E-state index contributed by atoms with van der Waals surface area (Å²) < 4.78 is 0. The molecule has 0 bridgehead atoms. The van der Waals surface area contributed by atoms with Crippen molar-refractivity contribution in [1.82, 2.24) is 10.2 Å². The Kier molecular flexibility index (Phi) is 4.22. The van der Waals surface area contributed by atoms with Gasteiger partial charge in [0.15, 0.2) is 0 Å². The molecule has 1 unspecified atom stereocenters. The van der Waals surface area contributed by atoms with E-state index in [2.05, 4.69) is 17.1 Å². The van der Waals surface area contributed by atoms with Gasteiger partial charge in [0.2, 0.25) is 5.91 Å². The molecule has 2 aliphatic rings. The molecule has 0 aromatic rings. The third kappa shape index (κ3) is 2.76. The fourth-order valence-electron chi connectivity index (χ4n) is 2.80. The van der Waals surface area contributed by atoms with E-state index >= 15 is 0 Å². The molecule has 1 amide bonds. The first kappa shape index (κ1) is 11.9. The second-order valence-corrected chi connectivity index (χ2v) is 5.27. The van der Waals surface area contributed by atoms with Crippen molar-refractivity contribution in [2.24, 2.45) is 11.8 Å². The van der Waals surface area contributed by atoms with Crippen LogP contribution in [0.2, 0.25) is 0 Å². The highest BCUT2D eigenvalue weighted by Crippen LogP contribution is 2.23. The van der Waals surface area contributed by atoms with Crippen molar-refractivity contribution < 1.29 is 4.79 Å². The zero-order valence-corrected chi connectivity index (χ0v) is 10.4. The van der Waals surface area contributed by atoms with Gasteiger partial charge in [0.25, 0.3) is 0 Å². The Morgan fingerprint density at radius 3 is 2.75 bits per heavy atom. The minimum Gasteiger partial charge on any atom is -0.342 e. The molecule has 2 saturated heterocycles. The molecule has 1 N–H and O–H groups in total. The van der Waals surface area contributed by atoms with Crippen molar-refractivity contribution in [1.29, 1.82) is 0 Å². The molecule has 2 rings (SSSR count). The molecule has 0 aromatic heterocycles. The Bertz CT molecular complexity index is 238. The summed E-state index contributed by atoms with van der Waals surface area (Å²) in [4.78, 5) is 14.2. The van der Waals surface area contributed by atoms with Gasteiger partial charge >= 0.3 is 0 Å². The molecule has 0 spiro atoms. The summed E-state index contributed by atoms with van der Waals surface area (Å²) >= 11 is 0. The second kappa shape index (κ2) is 5.67. The van der Waals surface area contributed by atoms with Gasteiger partial charge in [-0.15, -0.1) is 0 Å². The lowest BCUT2D eigenvalue weighted by Crippen LogP contribution is -2.52. The maximum absolute atomic E-state index is 12.1. The van der Waals surface area contributed by atoms with E-state index in [0.29, 0.717) is 5.91 Å². The molecular formula is C13H24N2O. The average molecular weight is 224 g/mol. The van der Waals surface area contributed by atoms with Crippen LogP contribution in [-0.4, -0.2) is 37.0 Å². The molecule has 3 heteroatoms. The molecule has 2 aliphatic heterocycles. The highest BCUT2D eigenvalue weighted by atomic mass is 16.2. The molecule has 0 aromatic carbocycles. The van der Waals surface area contributed by atoms with Gasteiger partial charge in [0.05, 0.1) is 5.92 Å². The molecule has 1 atom stereocenters. The van der Waals surface area contributed by atoms with Crippen LogP contribution in [0.15, 0.2) is 0 Å². The molecule has 0 radical (unpaired) electrons. The number of likely N-dealkylation sites (tertiary alicyclic amines) is 1. The number of amides is 1. The first-order valence-corrected chi connectivity index (χ1v) is 6.80. The lowest BCUT2D eigenvalue weighted by molar-refractivity contribution is -0.137. The van der Waals surface area contributed by atoms with Gasteiger partial charge in [0, 0.05) is 26.2 Å². The number of nitrogens with zero attached hydrogens (tertiary/aromatic N) is 1. The zero-order valence-electron chi connectivity index (χ0n) is 10.4. The van der Waals surface area contributed by atoms with E-state index < -0.39 is 0 Å². The van der Waals surface area contributed by atoms with Crippen molar-refractivity contribution in [3.63, 3.8) is 0 Å². The topological polar surface area (TPSA) is 32.3 Å². The summed E-state index contributed by atoms with van der Waals surface area (Å²) in [7, 11) is 0. The van der Waals surface area contributed by atoms with E-state index in [9.17, 15) is 4.79 Å². The Hall–Kier alpha value is -0.570. The van der Waals surface area contributed by atoms with Gasteiger partial charge < -0.3 is 10.2 Å². The quantitative estimate of drug-likeness (QED) is 0.790. The van der Waals surface area contributed by atoms with Gasteiger partial charge in [0.1, 0.15) is 0 Å². The van der Waals surface area contributed by atoms with E-state index in [1.807, 2.05) is 0 Å². The number of rotatable bonds is 3. The molecular weight excluding hydrogens is 200 g/mol. The van der Waals surface area contributed by atoms with Gasteiger partial charge in [-0.1, -0.05) is 19.8 Å². The van der Waals surface area contributed by atoms with Crippen LogP contribution in [0.1, 0.15) is 39.0 Å². The summed E-state index contributed by atoms with van der Waals surface area (Å²) in [5.74, 6) is 1.54. The van der Waals surface area contributed by atoms with Crippen molar-refractivity contribution in [3.05, 3.63) is 0 Å². The first-order valence-electron chi connectivity index (χ1n) is 6.80. The predicted molar refractivity (Wildman–Crippen MR) is 65.2 cm³/mol. The molecule has 92 valence electrons. The van der Waals surface area contributed by atoms with Gasteiger partial charge in [-0.05, 0) is 25.2 Å². The third-order valence-corrected chi connectivity index (χ3v) is 3.99. The third-order valence-electron chi connectivity index (χ3n) is 3.99. The summed E-state index contributed by atoms with van der Waals surface area (Å²) in [6.07, 6.45) is 6.37. The lowest BCUT2D eigenvalue weighted by Gasteiger charge is -2.31. The van der Waals surface area contributed by atoms with E-state index in [1.54, 1.807) is 0 Å². The van der Waals surface area contributed by atoms with Crippen LogP contribution in [0.3, 0.4) is 0 Å². The van der Waals surface area contributed by atoms with Crippen LogP contribution in [0.4, 0.5) is 0 Å². The lowest BCUT2D eigenvalue weighted by atomic mass is 9.96. The number of nitrogens with one attached hydrogen (secondary N) is 1. The van der Waals surface area contributed by atoms with Crippen LogP contribution in [0.5, 0.6) is 0 Å². The van der Waals surface area contributed by atoms with Crippen LogP contribution in [0.25, 0.3) is 0 Å². The van der Waals surface area contributed by atoms with E-state index in [-0.39, 0.29) is 5.92 Å². The van der Waals surface area contributed by atoms with Crippen LogP contribution < -0.4 is 5.32 Å². The predicted octanol–water partition coefficient (Wildman–Crippen LogP) is 1.63. The molecule has 2 fully saturated rings. The molecule has 16 heavy (non-hydrogen) atoms. The second-order valence-electron chi connectivity index (χ2n) is 5.27. The molecule has 2 heterocycles. The SMILES string of the molecule is CCCC1CCCN(C(=O)C2CNC2)CC1. The molecule has 3 nitrogen and oxygen atoms in total. The van der Waals surface area contributed by atoms with Gasteiger partial charge in [-0.3, -0.25) is 4.79 Å². The van der Waals surface area contributed by atoms with Crippen molar-refractivity contribution >= 4 is 5.91 Å². The molecule has 0 aliphatic carbocycles. The first-order chi connectivity index (χ1) is 7.81. The largest absolute Gasteiger partial charge is 0.342 e. The fraction of sp³-hybridized carbons (Fsp3) is 0.923. The van der Waals surface area contributed by atoms with Crippen molar-refractivity contribution in [2.45, 2.75) is 39.0 Å². The van der Waals surface area contributed by atoms with Gasteiger partial charge in [-0.25, -0.2) is 0 Å². The van der Waals surface area contributed by atoms with Crippen LogP contribution in [-0.2, 0) is 4.79 Å². The molecule has 0 saturated carbocycles. The number of hydrogen-bond donors (Lipinski definition) is 1. The minimum absolute atomic E-state index is 0.280. The smallest absolute Gasteiger partial charge is 0.228 e. The summed E-state index contributed by atoms with van der Waals surface area (Å²) in [5, 5.41) is 3.18. The summed E-state index contributed by atoms with van der Waals surface area (Å²) in [5.41, 5.74) is 0. The normalized spacial score (nSPS) is 27.3. The number of carbonyl (C=O) groups excluding carboxylic acids is 1. The maximum Gasteiger partial charge on any atom is 0.228 e. The average Bonchev–Trinajstić information content (AvgIpc) is 2.41. The Morgan fingerprint density at radius 1 is 1.31 bits per heavy atom. The highest BCUT2D eigenvalue weighted by Gasteiger charge is 2.30. The monoisotopic (exact) mass is 224 g/mol. The van der Waals surface area contributed by atoms with Crippen LogP contribution in [0, 0.1) is 11.8 Å². The maximum atomic E-state index is 12.1. The van der Waals surface area contributed by atoms with Crippen molar-refractivity contribution in [3.8, 4) is 0 Å². The zero-order chi connectivity index (χ0) is 11.4. The van der Waals surface area contributed by atoms with Gasteiger partial charge in [-0.2, -0.15) is 0 Å². The Morgan fingerprint density at radius 2 is 2.12 bits per heavy atom. The van der Waals surface area contributed by atoms with E-state index in [1.165, 1.54) is 32.1 Å². The minimum atomic E-state index is 0.280. The number of hydrogen-bond acceptors (Lipinski definition) is 2. The van der Waals surface area contributed by atoms with E-state index in [4.69, 9.17) is 0 Å². The van der Waals surface area contributed by atoms with Crippen molar-refractivity contribution in [2.75, 3.05) is 26.2 Å². The van der Waals surface area contributed by atoms with E-state index in [0.717, 1.165) is 32.1 Å². The number of carbonyl (C=O) groups is 1. The highest BCUT2D eigenvalue weighted by molar-refractivity contribution is 5.80. The summed E-state index contributed by atoms with van der Waals surface area (Å²) in [6, 6.07) is 0. The van der Waals surface area contributed by atoms with Crippen LogP contribution >= 0.6 is 0 Å². The Labute approximate surface area is 98.6 Å². The summed E-state index contributed by atoms with van der Waals surface area (Å²) in [6.45, 7) is 6.05. The fourth-order valence-corrected chi connectivity index (χ4v) is 2.80.